The van der Waals surface area contributed by atoms with E-state index in [-0.39, 0.29) is 17.6 Å². The van der Waals surface area contributed by atoms with Crippen LogP contribution in [0.15, 0.2) is 34.8 Å². The number of aromatic nitrogens is 3. The van der Waals surface area contributed by atoms with Gasteiger partial charge in [0.25, 0.3) is 0 Å². The van der Waals surface area contributed by atoms with Gasteiger partial charge in [-0.1, -0.05) is 18.7 Å². The monoisotopic (exact) mass is 470 g/mol. The van der Waals surface area contributed by atoms with Crippen molar-refractivity contribution in [2.45, 2.75) is 38.3 Å². The molecule has 3 aromatic rings. The highest BCUT2D eigenvalue weighted by Gasteiger charge is 2.23. The van der Waals surface area contributed by atoms with Crippen molar-refractivity contribution < 1.29 is 14.3 Å². The minimum Gasteiger partial charge on any atom is -0.462 e. The lowest BCUT2D eigenvalue weighted by atomic mass is 9.88. The molecular formula is C23H26N4O3S2. The molecule has 168 valence electrons. The first-order valence-electron chi connectivity index (χ1n) is 10.6. The minimum absolute atomic E-state index is 0.148. The number of nitrogens with zero attached hydrogens (tertiary/aromatic N) is 3. The van der Waals surface area contributed by atoms with Gasteiger partial charge < -0.3 is 14.6 Å². The van der Waals surface area contributed by atoms with Gasteiger partial charge in [-0.05, 0) is 61.9 Å². The Kier molecular flexibility index (Phi) is 6.95. The topological polar surface area (TPSA) is 86.1 Å². The zero-order valence-corrected chi connectivity index (χ0v) is 20.0. The van der Waals surface area contributed by atoms with E-state index in [1.165, 1.54) is 34.2 Å². The molecule has 1 aliphatic rings. The zero-order valence-electron chi connectivity index (χ0n) is 18.4. The summed E-state index contributed by atoms with van der Waals surface area (Å²) >= 11 is 3.16. The summed E-state index contributed by atoms with van der Waals surface area (Å²) in [6.45, 7) is 4.39. The van der Waals surface area contributed by atoms with Crippen LogP contribution in [-0.2, 0) is 29.4 Å². The number of thioether (sulfide) groups is 1. The summed E-state index contributed by atoms with van der Waals surface area (Å²) in [5, 5.41) is 14.5. The number of hydrogen-bond donors (Lipinski definition) is 1. The predicted octanol–water partition coefficient (Wildman–Crippen LogP) is 4.58. The van der Waals surface area contributed by atoms with Crippen molar-refractivity contribution in [1.82, 2.24) is 14.8 Å². The van der Waals surface area contributed by atoms with Gasteiger partial charge in [0.2, 0.25) is 5.91 Å². The number of anilines is 1. The number of rotatable bonds is 7. The molecular weight excluding hydrogens is 444 g/mol. The quantitative estimate of drug-likeness (QED) is 0.402. The predicted molar refractivity (Wildman–Crippen MR) is 127 cm³/mol. The van der Waals surface area contributed by atoms with Crippen LogP contribution in [0.2, 0.25) is 0 Å². The lowest BCUT2D eigenvalue weighted by Crippen LogP contribution is -2.14. The molecule has 1 aromatic carbocycles. The Morgan fingerprint density at radius 3 is 2.81 bits per heavy atom. The molecule has 0 bridgehead atoms. The molecule has 1 N–H and O–H groups in total. The fourth-order valence-electron chi connectivity index (χ4n) is 3.77. The van der Waals surface area contributed by atoms with E-state index in [2.05, 4.69) is 27.8 Å². The lowest BCUT2D eigenvalue weighted by molar-refractivity contribution is -0.113. The maximum atomic E-state index is 12.4. The Hall–Kier alpha value is -2.65. The van der Waals surface area contributed by atoms with Crippen LogP contribution < -0.4 is 5.32 Å². The normalized spacial score (nSPS) is 15.3. The van der Waals surface area contributed by atoms with Crippen LogP contribution >= 0.6 is 23.1 Å². The Bertz CT molecular complexity index is 1120. The maximum absolute atomic E-state index is 12.4. The lowest BCUT2D eigenvalue weighted by Gasteiger charge is -2.18. The number of carbonyl (C=O) groups is 2. The third-order valence-corrected chi connectivity index (χ3v) is 7.56. The highest BCUT2D eigenvalue weighted by molar-refractivity contribution is 7.99. The van der Waals surface area contributed by atoms with Crippen LogP contribution in [0.3, 0.4) is 0 Å². The molecule has 1 atom stereocenters. The molecule has 0 aliphatic heterocycles. The van der Waals surface area contributed by atoms with E-state index >= 15 is 0 Å². The number of hydrogen-bond acceptors (Lipinski definition) is 7. The third kappa shape index (κ3) is 4.88. The Morgan fingerprint density at radius 2 is 2.06 bits per heavy atom. The van der Waals surface area contributed by atoms with Crippen molar-refractivity contribution in [3.05, 3.63) is 45.6 Å². The SMILES string of the molecule is CCOC(=O)c1ccc(NC(=O)CSc2nnc(-c3csc4c3CCC(C)C4)n2C)cc1. The van der Waals surface area contributed by atoms with E-state index in [4.69, 9.17) is 4.74 Å². The van der Waals surface area contributed by atoms with E-state index in [0.29, 0.717) is 23.0 Å². The van der Waals surface area contributed by atoms with Gasteiger partial charge in [-0.3, -0.25) is 4.79 Å². The summed E-state index contributed by atoms with van der Waals surface area (Å²) in [5.74, 6) is 1.28. The number of thiophene rings is 1. The Labute approximate surface area is 195 Å². The first-order valence-corrected chi connectivity index (χ1v) is 12.5. The number of fused-ring (bicyclic) bond motifs is 1. The first kappa shape index (κ1) is 22.5. The van der Waals surface area contributed by atoms with Gasteiger partial charge in [0, 0.05) is 28.6 Å². The summed E-state index contributed by atoms with van der Waals surface area (Å²) in [7, 11) is 1.94. The molecule has 7 nitrogen and oxygen atoms in total. The van der Waals surface area contributed by atoms with Crippen LogP contribution in [-0.4, -0.2) is 39.0 Å². The zero-order chi connectivity index (χ0) is 22.7. The molecule has 1 aliphatic carbocycles. The molecule has 0 saturated heterocycles. The van der Waals surface area contributed by atoms with E-state index in [9.17, 15) is 9.59 Å². The molecule has 1 amide bonds. The average Bonchev–Trinajstić information content (AvgIpc) is 3.35. The number of amides is 1. The molecule has 32 heavy (non-hydrogen) atoms. The van der Waals surface area contributed by atoms with Gasteiger partial charge in [0.15, 0.2) is 11.0 Å². The third-order valence-electron chi connectivity index (χ3n) is 5.49. The Balaban J connectivity index is 1.36. The molecule has 9 heteroatoms. The molecule has 2 aromatic heterocycles. The van der Waals surface area contributed by atoms with Gasteiger partial charge in [-0.15, -0.1) is 21.5 Å². The molecule has 1 unspecified atom stereocenters. The summed E-state index contributed by atoms with van der Waals surface area (Å²) in [6, 6.07) is 6.65. The number of esters is 1. The standard InChI is InChI=1S/C23H26N4O3S2/c1-4-30-22(29)15-6-8-16(9-7-15)24-20(28)13-32-23-26-25-21(27(23)3)18-12-31-19-11-14(2)5-10-17(18)19/h6-9,12,14H,4-5,10-11,13H2,1-3H3,(H,24,28). The molecule has 0 saturated carbocycles. The average molecular weight is 471 g/mol. The second-order valence-corrected chi connectivity index (χ2v) is 9.81. The fourth-order valence-corrected chi connectivity index (χ4v) is 5.73. The van der Waals surface area contributed by atoms with Crippen molar-refractivity contribution in [2.24, 2.45) is 13.0 Å². The number of nitrogens with one attached hydrogen (secondary N) is 1. The maximum Gasteiger partial charge on any atom is 0.338 e. The fraction of sp³-hybridized carbons (Fsp3) is 0.391. The summed E-state index contributed by atoms with van der Waals surface area (Å²) in [4.78, 5) is 25.6. The van der Waals surface area contributed by atoms with Gasteiger partial charge in [0.05, 0.1) is 17.9 Å². The van der Waals surface area contributed by atoms with E-state index in [1.54, 1.807) is 31.2 Å². The van der Waals surface area contributed by atoms with Crippen LogP contribution in [0.25, 0.3) is 11.4 Å². The van der Waals surface area contributed by atoms with Crippen molar-refractivity contribution in [2.75, 3.05) is 17.7 Å². The van der Waals surface area contributed by atoms with Gasteiger partial charge in [-0.2, -0.15) is 0 Å². The van der Waals surface area contributed by atoms with Crippen LogP contribution in [0, 0.1) is 5.92 Å². The van der Waals surface area contributed by atoms with E-state index in [1.807, 2.05) is 23.0 Å². The van der Waals surface area contributed by atoms with Crippen LogP contribution in [0.4, 0.5) is 5.69 Å². The number of ether oxygens (including phenoxy) is 1. The molecule has 0 spiro atoms. The number of carbonyl (C=O) groups excluding carboxylic acids is 2. The highest BCUT2D eigenvalue weighted by atomic mass is 32.2. The first-order chi connectivity index (χ1) is 15.5. The molecule has 2 heterocycles. The summed E-state index contributed by atoms with van der Waals surface area (Å²) < 4.78 is 6.93. The van der Waals surface area contributed by atoms with Crippen LogP contribution in [0.5, 0.6) is 0 Å². The van der Waals surface area contributed by atoms with E-state index in [0.717, 1.165) is 24.6 Å². The number of benzene rings is 1. The summed E-state index contributed by atoms with van der Waals surface area (Å²) in [6.07, 6.45) is 3.43. The van der Waals surface area contributed by atoms with Gasteiger partial charge in [0.1, 0.15) is 0 Å². The molecule has 0 fully saturated rings. The van der Waals surface area contributed by atoms with Crippen molar-refractivity contribution in [3.8, 4) is 11.4 Å². The second-order valence-electron chi connectivity index (χ2n) is 7.90. The Morgan fingerprint density at radius 1 is 1.28 bits per heavy atom. The van der Waals surface area contributed by atoms with Gasteiger partial charge >= 0.3 is 5.97 Å². The summed E-state index contributed by atoms with van der Waals surface area (Å²) in [5.41, 5.74) is 3.66. The van der Waals surface area contributed by atoms with Crippen LogP contribution in [0.1, 0.15) is 41.1 Å². The highest BCUT2D eigenvalue weighted by Crippen LogP contribution is 2.38. The minimum atomic E-state index is -0.375. The van der Waals surface area contributed by atoms with E-state index < -0.39 is 0 Å². The smallest absolute Gasteiger partial charge is 0.338 e. The van der Waals surface area contributed by atoms with Crippen molar-refractivity contribution in [3.63, 3.8) is 0 Å². The largest absolute Gasteiger partial charge is 0.462 e. The van der Waals surface area contributed by atoms with Gasteiger partial charge in [-0.25, -0.2) is 4.79 Å². The molecule has 4 rings (SSSR count). The van der Waals surface area contributed by atoms with Crippen molar-refractivity contribution in [1.29, 1.82) is 0 Å². The van der Waals surface area contributed by atoms with Crippen molar-refractivity contribution >= 4 is 40.7 Å². The second kappa shape index (κ2) is 9.87. The molecule has 0 radical (unpaired) electrons.